The summed E-state index contributed by atoms with van der Waals surface area (Å²) in [6.45, 7) is 11.0. The van der Waals surface area contributed by atoms with Crippen LogP contribution in [0.4, 0.5) is 0 Å². The molecule has 19 heavy (non-hydrogen) atoms. The zero-order valence-electron chi connectivity index (χ0n) is 11.8. The highest BCUT2D eigenvalue weighted by atomic mass is 32.2. The number of allylic oxidation sites excluding steroid dienone is 1. The van der Waals surface area contributed by atoms with E-state index in [0.717, 1.165) is 61.9 Å². The molecule has 0 heterocycles. The van der Waals surface area contributed by atoms with E-state index in [4.69, 9.17) is 5.14 Å². The average molecular weight is 282 g/mol. The van der Waals surface area contributed by atoms with E-state index in [1.165, 1.54) is 0 Å². The molecule has 1 fully saturated rings. The van der Waals surface area contributed by atoms with Gasteiger partial charge in [0, 0.05) is 18.7 Å². The molecule has 4 N–H and O–H groups in total. The lowest BCUT2D eigenvalue weighted by molar-refractivity contribution is 0.0304. The van der Waals surface area contributed by atoms with Gasteiger partial charge in [-0.15, -0.1) is 0 Å². The minimum absolute atomic E-state index is 0.714. The SMILES string of the molecule is C=C(/C=C\C(=C)C1(O)CCC(C)CC1)CCNSN. The third-order valence-electron chi connectivity index (χ3n) is 3.85. The molecule has 4 heteroatoms. The summed E-state index contributed by atoms with van der Waals surface area (Å²) < 4.78 is 2.97. The Morgan fingerprint density at radius 3 is 2.63 bits per heavy atom. The molecule has 0 amide bonds. The second kappa shape index (κ2) is 7.90. The maximum atomic E-state index is 10.6. The minimum Gasteiger partial charge on any atom is -0.385 e. The van der Waals surface area contributed by atoms with Gasteiger partial charge < -0.3 is 5.11 Å². The van der Waals surface area contributed by atoms with Gasteiger partial charge in [-0.3, -0.25) is 9.86 Å². The normalized spacial score (nSPS) is 27.6. The fourth-order valence-electron chi connectivity index (χ4n) is 2.29. The van der Waals surface area contributed by atoms with E-state index >= 15 is 0 Å². The quantitative estimate of drug-likeness (QED) is 0.381. The molecule has 108 valence electrons. The molecule has 1 aliphatic rings. The van der Waals surface area contributed by atoms with Gasteiger partial charge >= 0.3 is 0 Å². The van der Waals surface area contributed by atoms with Gasteiger partial charge in [0.05, 0.1) is 5.60 Å². The van der Waals surface area contributed by atoms with E-state index in [0.29, 0.717) is 5.92 Å². The van der Waals surface area contributed by atoms with Crippen LogP contribution in [0, 0.1) is 5.92 Å². The number of nitrogens with one attached hydrogen (secondary N) is 1. The van der Waals surface area contributed by atoms with Crippen LogP contribution in [-0.2, 0) is 0 Å². The van der Waals surface area contributed by atoms with Gasteiger partial charge in [-0.05, 0) is 43.6 Å². The minimum atomic E-state index is -0.714. The zero-order chi connectivity index (χ0) is 14.3. The number of hydrogen-bond donors (Lipinski definition) is 3. The summed E-state index contributed by atoms with van der Waals surface area (Å²) in [5.74, 6) is 0.715. The molecule has 0 aromatic rings. The molecule has 1 aliphatic carbocycles. The second-order valence-electron chi connectivity index (χ2n) is 5.49. The first-order valence-electron chi connectivity index (χ1n) is 6.84. The summed E-state index contributed by atoms with van der Waals surface area (Å²) in [4.78, 5) is 0. The Labute approximate surface area is 121 Å². The first-order valence-corrected chi connectivity index (χ1v) is 7.72. The molecule has 0 spiro atoms. The van der Waals surface area contributed by atoms with Crippen LogP contribution in [0.25, 0.3) is 0 Å². The van der Waals surface area contributed by atoms with Crippen molar-refractivity contribution in [3.8, 4) is 0 Å². The fourth-order valence-corrected chi connectivity index (χ4v) is 2.51. The van der Waals surface area contributed by atoms with Crippen LogP contribution in [0.5, 0.6) is 0 Å². The largest absolute Gasteiger partial charge is 0.385 e. The van der Waals surface area contributed by atoms with Crippen molar-refractivity contribution in [2.24, 2.45) is 11.1 Å². The van der Waals surface area contributed by atoms with Gasteiger partial charge in [0.15, 0.2) is 0 Å². The summed E-state index contributed by atoms with van der Waals surface area (Å²) in [5.41, 5.74) is 1.10. The standard InChI is InChI=1S/C15H26N2OS/c1-12(8-11-17-19-16)4-5-14(3)15(18)9-6-13(2)7-10-15/h4-5,13,17-18H,1,3,6-11,16H2,2H3/b5-4-. The monoisotopic (exact) mass is 282 g/mol. The van der Waals surface area contributed by atoms with Gasteiger partial charge in [0.25, 0.3) is 0 Å². The molecule has 0 saturated heterocycles. The maximum Gasteiger partial charge on any atom is 0.0891 e. The van der Waals surface area contributed by atoms with Crippen molar-refractivity contribution in [3.63, 3.8) is 0 Å². The first kappa shape index (κ1) is 16.5. The lowest BCUT2D eigenvalue weighted by atomic mass is 9.76. The van der Waals surface area contributed by atoms with Crippen molar-refractivity contribution >= 4 is 12.1 Å². The van der Waals surface area contributed by atoms with Gasteiger partial charge in [-0.2, -0.15) is 0 Å². The number of rotatable bonds is 7. The van der Waals surface area contributed by atoms with Crippen molar-refractivity contribution in [3.05, 3.63) is 36.5 Å². The van der Waals surface area contributed by atoms with E-state index in [2.05, 4.69) is 24.8 Å². The predicted octanol–water partition coefficient (Wildman–Crippen LogP) is 3.10. The van der Waals surface area contributed by atoms with Crippen LogP contribution in [0.3, 0.4) is 0 Å². The fraction of sp³-hybridized carbons (Fsp3) is 0.600. The van der Waals surface area contributed by atoms with Crippen molar-refractivity contribution < 1.29 is 5.11 Å². The molecule has 0 aliphatic heterocycles. The Bertz CT molecular complexity index is 344. The highest BCUT2D eigenvalue weighted by Gasteiger charge is 2.33. The number of aliphatic hydroxyl groups is 1. The molecular formula is C15H26N2OS. The predicted molar refractivity (Wildman–Crippen MR) is 84.4 cm³/mol. The van der Waals surface area contributed by atoms with Gasteiger partial charge in [-0.1, -0.05) is 37.8 Å². The van der Waals surface area contributed by atoms with Crippen molar-refractivity contribution in [1.82, 2.24) is 4.72 Å². The van der Waals surface area contributed by atoms with Gasteiger partial charge in [-0.25, -0.2) is 0 Å². The molecule has 1 rings (SSSR count). The van der Waals surface area contributed by atoms with Crippen LogP contribution in [0.2, 0.25) is 0 Å². The smallest absolute Gasteiger partial charge is 0.0891 e. The van der Waals surface area contributed by atoms with Crippen LogP contribution >= 0.6 is 12.1 Å². The van der Waals surface area contributed by atoms with E-state index in [9.17, 15) is 5.11 Å². The highest BCUT2D eigenvalue weighted by Crippen LogP contribution is 2.36. The summed E-state index contributed by atoms with van der Waals surface area (Å²) in [7, 11) is 0. The van der Waals surface area contributed by atoms with Crippen molar-refractivity contribution in [2.75, 3.05) is 6.54 Å². The topological polar surface area (TPSA) is 58.3 Å². The lowest BCUT2D eigenvalue weighted by Crippen LogP contribution is -2.34. The van der Waals surface area contributed by atoms with Crippen LogP contribution in [-0.4, -0.2) is 17.3 Å². The lowest BCUT2D eigenvalue weighted by Gasteiger charge is -2.35. The number of hydrogen-bond acceptors (Lipinski definition) is 4. The maximum absolute atomic E-state index is 10.6. The van der Waals surface area contributed by atoms with Gasteiger partial charge in [0.1, 0.15) is 0 Å². The Morgan fingerprint density at radius 2 is 2.05 bits per heavy atom. The van der Waals surface area contributed by atoms with E-state index in [1.807, 2.05) is 12.2 Å². The summed E-state index contributed by atoms with van der Waals surface area (Å²) >= 11 is 1.12. The Hall–Kier alpha value is -0.550. The number of nitrogens with two attached hydrogens (primary N) is 1. The van der Waals surface area contributed by atoms with E-state index in [1.54, 1.807) is 0 Å². The van der Waals surface area contributed by atoms with Crippen LogP contribution < -0.4 is 9.86 Å². The van der Waals surface area contributed by atoms with E-state index in [-0.39, 0.29) is 0 Å². The van der Waals surface area contributed by atoms with Crippen molar-refractivity contribution in [2.45, 2.75) is 44.6 Å². The van der Waals surface area contributed by atoms with Crippen LogP contribution in [0.1, 0.15) is 39.0 Å². The Morgan fingerprint density at radius 1 is 1.42 bits per heavy atom. The second-order valence-corrected chi connectivity index (χ2v) is 6.02. The zero-order valence-corrected chi connectivity index (χ0v) is 12.6. The molecule has 1 saturated carbocycles. The molecule has 0 atom stereocenters. The third-order valence-corrected chi connectivity index (χ3v) is 4.22. The molecule has 3 nitrogen and oxygen atoms in total. The first-order chi connectivity index (χ1) is 8.98. The molecule has 0 bridgehead atoms. The van der Waals surface area contributed by atoms with Gasteiger partial charge in [0.2, 0.25) is 0 Å². The summed E-state index contributed by atoms with van der Waals surface area (Å²) in [6, 6.07) is 0. The Balaban J connectivity index is 2.43. The van der Waals surface area contributed by atoms with Crippen LogP contribution in [0.15, 0.2) is 36.5 Å². The van der Waals surface area contributed by atoms with Crippen molar-refractivity contribution in [1.29, 1.82) is 0 Å². The summed E-state index contributed by atoms with van der Waals surface area (Å²) in [5, 5.41) is 15.8. The summed E-state index contributed by atoms with van der Waals surface area (Å²) in [6.07, 6.45) is 8.47. The molecular weight excluding hydrogens is 256 g/mol. The highest BCUT2D eigenvalue weighted by molar-refractivity contribution is 7.95. The molecule has 0 aromatic carbocycles. The molecule has 0 unspecified atom stereocenters. The average Bonchev–Trinajstić information content (AvgIpc) is 2.40. The molecule has 0 aromatic heterocycles. The Kier molecular flexibility index (Phi) is 6.86. The van der Waals surface area contributed by atoms with E-state index < -0.39 is 5.60 Å². The molecule has 0 radical (unpaired) electrons. The third kappa shape index (κ3) is 5.53.